The average molecular weight is 283 g/mol. The van der Waals surface area contributed by atoms with Crippen molar-refractivity contribution >= 4 is 10.9 Å². The first-order valence-corrected chi connectivity index (χ1v) is 8.14. The van der Waals surface area contributed by atoms with Gasteiger partial charge in [-0.1, -0.05) is 37.1 Å². The summed E-state index contributed by atoms with van der Waals surface area (Å²) in [5, 5.41) is 4.96. The van der Waals surface area contributed by atoms with E-state index in [4.69, 9.17) is 5.73 Å². The number of para-hydroxylation sites is 1. The van der Waals surface area contributed by atoms with Crippen molar-refractivity contribution in [2.45, 2.75) is 38.1 Å². The van der Waals surface area contributed by atoms with E-state index in [9.17, 15) is 0 Å². The van der Waals surface area contributed by atoms with E-state index in [1.807, 2.05) is 12.3 Å². The van der Waals surface area contributed by atoms with Gasteiger partial charge in [0, 0.05) is 17.6 Å². The van der Waals surface area contributed by atoms with Crippen molar-refractivity contribution in [3.63, 3.8) is 0 Å². The summed E-state index contributed by atoms with van der Waals surface area (Å²) in [4.78, 5) is 4.53. The van der Waals surface area contributed by atoms with E-state index in [0.29, 0.717) is 12.0 Å². The number of benzene rings is 1. The van der Waals surface area contributed by atoms with Crippen molar-refractivity contribution in [1.29, 1.82) is 0 Å². The van der Waals surface area contributed by atoms with Gasteiger partial charge in [0.25, 0.3) is 0 Å². The lowest BCUT2D eigenvalue weighted by Crippen LogP contribution is -2.42. The first-order chi connectivity index (χ1) is 10.4. The highest BCUT2D eigenvalue weighted by molar-refractivity contribution is 5.81. The Bertz CT molecular complexity index is 576. The van der Waals surface area contributed by atoms with E-state index >= 15 is 0 Å². The molecule has 0 amide bonds. The molecule has 0 radical (unpaired) electrons. The molecule has 3 heteroatoms. The molecular weight excluding hydrogens is 258 g/mol. The normalized spacial score (nSPS) is 22.5. The van der Waals surface area contributed by atoms with Crippen molar-refractivity contribution in [1.82, 2.24) is 10.3 Å². The number of fused-ring (bicyclic) bond motifs is 1. The number of hydrogen-bond donors (Lipinski definition) is 2. The molecule has 1 heterocycles. The molecule has 3 nitrogen and oxygen atoms in total. The van der Waals surface area contributed by atoms with Crippen LogP contribution < -0.4 is 11.1 Å². The van der Waals surface area contributed by atoms with Crippen LogP contribution in [0.25, 0.3) is 10.9 Å². The van der Waals surface area contributed by atoms with Gasteiger partial charge in [0.1, 0.15) is 0 Å². The van der Waals surface area contributed by atoms with Crippen LogP contribution in [0.5, 0.6) is 0 Å². The van der Waals surface area contributed by atoms with E-state index in [0.717, 1.165) is 25.0 Å². The first-order valence-electron chi connectivity index (χ1n) is 8.14. The van der Waals surface area contributed by atoms with E-state index in [-0.39, 0.29) is 0 Å². The van der Waals surface area contributed by atoms with Crippen molar-refractivity contribution in [3.8, 4) is 0 Å². The van der Waals surface area contributed by atoms with Gasteiger partial charge in [0.2, 0.25) is 0 Å². The Kier molecular flexibility index (Phi) is 4.84. The highest BCUT2D eigenvalue weighted by Crippen LogP contribution is 2.23. The third-order valence-electron chi connectivity index (χ3n) is 4.73. The fourth-order valence-electron chi connectivity index (χ4n) is 3.52. The zero-order valence-corrected chi connectivity index (χ0v) is 12.6. The first kappa shape index (κ1) is 14.5. The topological polar surface area (TPSA) is 50.9 Å². The summed E-state index contributed by atoms with van der Waals surface area (Å²) >= 11 is 0. The second-order valence-electron chi connectivity index (χ2n) is 6.08. The molecule has 3 N–H and O–H groups in total. The quantitative estimate of drug-likeness (QED) is 0.887. The fourth-order valence-corrected chi connectivity index (χ4v) is 3.52. The average Bonchev–Trinajstić information content (AvgIpc) is 2.55. The van der Waals surface area contributed by atoms with E-state index < -0.39 is 0 Å². The molecule has 1 aromatic carbocycles. The summed E-state index contributed by atoms with van der Waals surface area (Å²) in [7, 11) is 0. The van der Waals surface area contributed by atoms with Crippen LogP contribution in [0.1, 0.15) is 31.2 Å². The Hall–Kier alpha value is -1.45. The third-order valence-corrected chi connectivity index (χ3v) is 4.73. The largest absolute Gasteiger partial charge is 0.330 e. The van der Waals surface area contributed by atoms with E-state index in [1.165, 1.54) is 36.6 Å². The Balaban J connectivity index is 1.61. The predicted octanol–water partition coefficient (Wildman–Crippen LogP) is 2.88. The molecule has 2 unspecified atom stereocenters. The van der Waals surface area contributed by atoms with Gasteiger partial charge >= 0.3 is 0 Å². The highest BCUT2D eigenvalue weighted by atomic mass is 14.9. The van der Waals surface area contributed by atoms with Gasteiger partial charge in [-0.25, -0.2) is 0 Å². The van der Waals surface area contributed by atoms with Gasteiger partial charge in [0.05, 0.1) is 5.52 Å². The van der Waals surface area contributed by atoms with Crippen LogP contribution in [0.15, 0.2) is 36.5 Å². The Morgan fingerprint density at radius 2 is 2.00 bits per heavy atom. The minimum absolute atomic E-state index is 0.603. The van der Waals surface area contributed by atoms with Crippen molar-refractivity contribution in [2.24, 2.45) is 11.7 Å². The maximum absolute atomic E-state index is 5.90. The lowest BCUT2D eigenvalue weighted by molar-refractivity contribution is 0.269. The molecule has 0 bridgehead atoms. The van der Waals surface area contributed by atoms with Crippen LogP contribution >= 0.6 is 0 Å². The molecule has 1 aliphatic rings. The van der Waals surface area contributed by atoms with E-state index in [2.05, 4.69) is 34.6 Å². The third kappa shape index (κ3) is 3.42. The molecule has 1 fully saturated rings. The summed E-state index contributed by atoms with van der Waals surface area (Å²) in [5.74, 6) is 0.657. The number of aromatic nitrogens is 1. The molecule has 2 atom stereocenters. The van der Waals surface area contributed by atoms with Gasteiger partial charge < -0.3 is 11.1 Å². The number of hydrogen-bond acceptors (Lipinski definition) is 3. The molecule has 0 aliphatic heterocycles. The minimum Gasteiger partial charge on any atom is -0.330 e. The number of nitrogens with zero attached hydrogens (tertiary/aromatic N) is 1. The zero-order chi connectivity index (χ0) is 14.5. The molecule has 21 heavy (non-hydrogen) atoms. The standard InChI is InChI=1S/C18H25N3/c19-13-16-5-1-2-9-17(16)20-12-10-15-7-3-6-14-8-4-11-21-18(14)15/h3-4,6-8,11,16-17,20H,1-2,5,9-10,12-13,19H2. The maximum atomic E-state index is 5.90. The maximum Gasteiger partial charge on any atom is 0.0734 e. The van der Waals surface area contributed by atoms with E-state index in [1.54, 1.807) is 0 Å². The summed E-state index contributed by atoms with van der Waals surface area (Å²) in [6.07, 6.45) is 8.14. The molecule has 1 saturated carbocycles. The molecule has 1 aliphatic carbocycles. The molecular formula is C18H25N3. The SMILES string of the molecule is NCC1CCCCC1NCCc1cccc2cccnc12. The van der Waals surface area contributed by atoms with Crippen LogP contribution in [0.3, 0.4) is 0 Å². The van der Waals surface area contributed by atoms with Crippen molar-refractivity contribution in [3.05, 3.63) is 42.1 Å². The molecule has 0 saturated heterocycles. The predicted molar refractivity (Wildman–Crippen MR) is 88.3 cm³/mol. The Morgan fingerprint density at radius 3 is 2.90 bits per heavy atom. The molecule has 2 aromatic rings. The molecule has 0 spiro atoms. The second-order valence-corrected chi connectivity index (χ2v) is 6.08. The van der Waals surface area contributed by atoms with Crippen LogP contribution in [0.4, 0.5) is 0 Å². The fraction of sp³-hybridized carbons (Fsp3) is 0.500. The lowest BCUT2D eigenvalue weighted by Gasteiger charge is -2.31. The Morgan fingerprint density at radius 1 is 1.14 bits per heavy atom. The number of nitrogens with two attached hydrogens (primary N) is 1. The van der Waals surface area contributed by atoms with Crippen LogP contribution in [0.2, 0.25) is 0 Å². The lowest BCUT2D eigenvalue weighted by atomic mass is 9.84. The second kappa shape index (κ2) is 7.01. The monoisotopic (exact) mass is 283 g/mol. The summed E-state index contributed by atoms with van der Waals surface area (Å²) in [6.45, 7) is 1.82. The van der Waals surface area contributed by atoms with Gasteiger partial charge in [-0.2, -0.15) is 0 Å². The van der Waals surface area contributed by atoms with Crippen molar-refractivity contribution in [2.75, 3.05) is 13.1 Å². The molecule has 3 rings (SSSR count). The summed E-state index contributed by atoms with van der Waals surface area (Å²) < 4.78 is 0. The van der Waals surface area contributed by atoms with Crippen molar-refractivity contribution < 1.29 is 0 Å². The summed E-state index contributed by atoms with van der Waals surface area (Å²) in [5.41, 5.74) is 8.37. The minimum atomic E-state index is 0.603. The van der Waals surface area contributed by atoms with Gasteiger partial charge in [-0.3, -0.25) is 4.98 Å². The zero-order valence-electron chi connectivity index (χ0n) is 12.6. The van der Waals surface area contributed by atoms with Gasteiger partial charge in [0.15, 0.2) is 0 Å². The number of pyridine rings is 1. The van der Waals surface area contributed by atoms with Crippen LogP contribution in [-0.4, -0.2) is 24.1 Å². The Labute approximate surface area is 127 Å². The number of rotatable bonds is 5. The molecule has 1 aromatic heterocycles. The summed E-state index contributed by atoms with van der Waals surface area (Å²) in [6, 6.07) is 11.2. The van der Waals surface area contributed by atoms with Gasteiger partial charge in [-0.15, -0.1) is 0 Å². The molecule has 112 valence electrons. The van der Waals surface area contributed by atoms with Crippen LogP contribution in [-0.2, 0) is 6.42 Å². The smallest absolute Gasteiger partial charge is 0.0734 e. The van der Waals surface area contributed by atoms with Crippen LogP contribution in [0, 0.1) is 5.92 Å². The highest BCUT2D eigenvalue weighted by Gasteiger charge is 2.22. The number of nitrogens with one attached hydrogen (secondary N) is 1. The van der Waals surface area contributed by atoms with Gasteiger partial charge in [-0.05, 0) is 49.9 Å².